The molecule has 1 aliphatic rings. The van der Waals surface area contributed by atoms with Crippen LogP contribution in [0.2, 0.25) is 0 Å². The molecule has 0 spiro atoms. The first-order chi connectivity index (χ1) is 13.6. The van der Waals surface area contributed by atoms with Gasteiger partial charge in [0.25, 0.3) is 5.91 Å². The Morgan fingerprint density at radius 1 is 0.929 bits per heavy atom. The molecular formula is C21H20N2O5. The summed E-state index contributed by atoms with van der Waals surface area (Å²) in [5.41, 5.74) is 1.24. The number of esters is 1. The fourth-order valence-electron chi connectivity index (χ4n) is 3.47. The third kappa shape index (κ3) is 3.48. The number of carbonyl (C=O) groups is 2. The predicted molar refractivity (Wildman–Crippen MR) is 104 cm³/mol. The standard InChI is InChI=1S/C21H20N2O5/c24-19(22-9-11-27-12-10-22)14-28-20(25)13-23-17-7-3-1-5-15(17)21(26)16-6-2-4-8-18(16)23/h1-8H,9-14H2. The molecule has 7 heteroatoms. The molecule has 2 heterocycles. The Bertz CT molecular complexity index is 1040. The van der Waals surface area contributed by atoms with Gasteiger partial charge in [-0.25, -0.2) is 0 Å². The maximum Gasteiger partial charge on any atom is 0.326 e. The summed E-state index contributed by atoms with van der Waals surface area (Å²) in [5.74, 6) is -0.758. The van der Waals surface area contributed by atoms with Gasteiger partial charge in [-0.2, -0.15) is 0 Å². The zero-order valence-corrected chi connectivity index (χ0v) is 15.3. The Labute approximate surface area is 161 Å². The highest BCUT2D eigenvalue weighted by Crippen LogP contribution is 2.19. The average molecular weight is 380 g/mol. The van der Waals surface area contributed by atoms with Crippen LogP contribution < -0.4 is 5.43 Å². The Morgan fingerprint density at radius 3 is 2.11 bits per heavy atom. The summed E-state index contributed by atoms with van der Waals surface area (Å²) in [6.45, 7) is 1.62. The number of fused-ring (bicyclic) bond motifs is 2. The van der Waals surface area contributed by atoms with E-state index in [0.29, 0.717) is 48.1 Å². The molecule has 1 aromatic heterocycles. The van der Waals surface area contributed by atoms with Gasteiger partial charge in [0.15, 0.2) is 12.0 Å². The maximum absolute atomic E-state index is 12.7. The van der Waals surface area contributed by atoms with Crippen molar-refractivity contribution in [2.24, 2.45) is 0 Å². The van der Waals surface area contributed by atoms with Gasteiger partial charge in [-0.15, -0.1) is 0 Å². The van der Waals surface area contributed by atoms with E-state index in [-0.39, 0.29) is 24.5 Å². The number of para-hydroxylation sites is 2. The molecule has 28 heavy (non-hydrogen) atoms. The predicted octanol–water partition coefficient (Wildman–Crippen LogP) is 1.56. The molecule has 144 valence electrons. The van der Waals surface area contributed by atoms with E-state index in [0.717, 1.165) is 0 Å². The molecule has 1 amide bonds. The first-order valence-corrected chi connectivity index (χ1v) is 9.16. The lowest BCUT2D eigenvalue weighted by atomic mass is 10.1. The molecule has 4 rings (SSSR count). The quantitative estimate of drug-likeness (QED) is 0.507. The van der Waals surface area contributed by atoms with Crippen molar-refractivity contribution in [1.29, 1.82) is 0 Å². The van der Waals surface area contributed by atoms with Gasteiger partial charge in [0.2, 0.25) is 0 Å². The summed E-state index contributed by atoms with van der Waals surface area (Å²) in [5, 5.41) is 1.08. The van der Waals surface area contributed by atoms with E-state index >= 15 is 0 Å². The Balaban J connectivity index is 1.58. The van der Waals surface area contributed by atoms with Gasteiger partial charge in [0.05, 0.1) is 24.2 Å². The van der Waals surface area contributed by atoms with Gasteiger partial charge in [-0.05, 0) is 24.3 Å². The third-order valence-corrected chi connectivity index (χ3v) is 4.89. The number of hydrogen-bond donors (Lipinski definition) is 0. The summed E-state index contributed by atoms with van der Waals surface area (Å²) < 4.78 is 12.2. The summed E-state index contributed by atoms with van der Waals surface area (Å²) in [7, 11) is 0. The van der Waals surface area contributed by atoms with Gasteiger partial charge in [-0.1, -0.05) is 24.3 Å². The third-order valence-electron chi connectivity index (χ3n) is 4.89. The molecule has 0 N–H and O–H groups in total. The molecule has 0 aliphatic carbocycles. The van der Waals surface area contributed by atoms with Crippen LogP contribution in [0.5, 0.6) is 0 Å². The Hall–Kier alpha value is -3.19. The van der Waals surface area contributed by atoms with Gasteiger partial charge in [-0.3, -0.25) is 14.4 Å². The number of pyridine rings is 1. The lowest BCUT2D eigenvalue weighted by molar-refractivity contribution is -0.154. The van der Waals surface area contributed by atoms with Crippen molar-refractivity contribution in [2.75, 3.05) is 32.9 Å². The largest absolute Gasteiger partial charge is 0.454 e. The molecule has 0 atom stereocenters. The molecule has 7 nitrogen and oxygen atoms in total. The minimum absolute atomic E-state index is 0.0710. The fraction of sp³-hybridized carbons (Fsp3) is 0.286. The maximum atomic E-state index is 12.7. The monoisotopic (exact) mass is 380 g/mol. The average Bonchev–Trinajstić information content (AvgIpc) is 2.75. The Morgan fingerprint density at radius 2 is 1.50 bits per heavy atom. The second-order valence-electron chi connectivity index (χ2n) is 6.60. The smallest absolute Gasteiger partial charge is 0.326 e. The minimum atomic E-state index is -0.527. The molecule has 1 aliphatic heterocycles. The van der Waals surface area contributed by atoms with Crippen molar-refractivity contribution < 1.29 is 19.1 Å². The van der Waals surface area contributed by atoms with Crippen molar-refractivity contribution in [3.8, 4) is 0 Å². The zero-order valence-electron chi connectivity index (χ0n) is 15.3. The molecule has 3 aromatic rings. The number of carbonyl (C=O) groups excluding carboxylic acids is 2. The number of ether oxygens (including phenoxy) is 2. The van der Waals surface area contributed by atoms with Crippen molar-refractivity contribution in [3.05, 3.63) is 58.8 Å². The van der Waals surface area contributed by atoms with Crippen LogP contribution in [0.15, 0.2) is 53.3 Å². The zero-order chi connectivity index (χ0) is 19.5. The molecular weight excluding hydrogens is 360 g/mol. The number of hydrogen-bond acceptors (Lipinski definition) is 5. The normalized spacial score (nSPS) is 14.4. The highest BCUT2D eigenvalue weighted by atomic mass is 16.5. The molecule has 0 saturated carbocycles. The first-order valence-electron chi connectivity index (χ1n) is 9.16. The van der Waals surface area contributed by atoms with E-state index in [1.165, 1.54) is 0 Å². The van der Waals surface area contributed by atoms with Crippen LogP contribution in [0.4, 0.5) is 0 Å². The van der Waals surface area contributed by atoms with Gasteiger partial charge < -0.3 is 18.9 Å². The molecule has 1 fully saturated rings. The van der Waals surface area contributed by atoms with Crippen LogP contribution in [0.3, 0.4) is 0 Å². The van der Waals surface area contributed by atoms with Gasteiger partial charge in [0.1, 0.15) is 6.54 Å². The van der Waals surface area contributed by atoms with E-state index in [2.05, 4.69) is 0 Å². The van der Waals surface area contributed by atoms with Crippen LogP contribution >= 0.6 is 0 Å². The van der Waals surface area contributed by atoms with E-state index in [1.807, 2.05) is 12.1 Å². The number of nitrogens with zero attached hydrogens (tertiary/aromatic N) is 2. The molecule has 1 saturated heterocycles. The summed E-state index contributed by atoms with van der Waals surface area (Å²) in [6.07, 6.45) is 0. The second kappa shape index (κ2) is 7.82. The second-order valence-corrected chi connectivity index (χ2v) is 6.60. The van der Waals surface area contributed by atoms with Crippen molar-refractivity contribution in [3.63, 3.8) is 0 Å². The molecule has 2 aromatic carbocycles. The van der Waals surface area contributed by atoms with E-state index < -0.39 is 5.97 Å². The van der Waals surface area contributed by atoms with Crippen LogP contribution in [-0.2, 0) is 25.6 Å². The van der Waals surface area contributed by atoms with E-state index in [1.54, 1.807) is 45.9 Å². The topological polar surface area (TPSA) is 77.8 Å². The number of amides is 1. The molecule has 0 radical (unpaired) electrons. The van der Waals surface area contributed by atoms with Gasteiger partial charge in [0, 0.05) is 23.9 Å². The summed E-state index contributed by atoms with van der Waals surface area (Å²) in [6, 6.07) is 14.3. The number of rotatable bonds is 4. The highest BCUT2D eigenvalue weighted by molar-refractivity contribution is 5.94. The number of aromatic nitrogens is 1. The van der Waals surface area contributed by atoms with E-state index in [9.17, 15) is 14.4 Å². The number of benzene rings is 2. The van der Waals surface area contributed by atoms with Crippen molar-refractivity contribution >= 4 is 33.7 Å². The van der Waals surface area contributed by atoms with Crippen LogP contribution in [-0.4, -0.2) is 54.3 Å². The van der Waals surface area contributed by atoms with Crippen LogP contribution in [0, 0.1) is 0 Å². The summed E-state index contributed by atoms with van der Waals surface area (Å²) in [4.78, 5) is 39.0. The summed E-state index contributed by atoms with van der Waals surface area (Å²) >= 11 is 0. The lowest BCUT2D eigenvalue weighted by Gasteiger charge is -2.26. The Kier molecular flexibility index (Phi) is 5.08. The minimum Gasteiger partial charge on any atom is -0.454 e. The van der Waals surface area contributed by atoms with Crippen molar-refractivity contribution in [2.45, 2.75) is 6.54 Å². The highest BCUT2D eigenvalue weighted by Gasteiger charge is 2.19. The lowest BCUT2D eigenvalue weighted by Crippen LogP contribution is -2.42. The van der Waals surface area contributed by atoms with Crippen molar-refractivity contribution in [1.82, 2.24) is 9.47 Å². The fourth-order valence-corrected chi connectivity index (χ4v) is 3.47. The van der Waals surface area contributed by atoms with E-state index in [4.69, 9.17) is 9.47 Å². The SMILES string of the molecule is O=C(Cn1c2ccccc2c(=O)c2ccccc21)OCC(=O)N1CCOCC1. The number of morpholine rings is 1. The molecule has 0 unspecified atom stereocenters. The first kappa shape index (κ1) is 18.2. The van der Waals surface area contributed by atoms with Crippen LogP contribution in [0.25, 0.3) is 21.8 Å². The molecule has 0 bridgehead atoms. The van der Waals surface area contributed by atoms with Crippen LogP contribution in [0.1, 0.15) is 0 Å². The van der Waals surface area contributed by atoms with Gasteiger partial charge >= 0.3 is 5.97 Å².